The second-order valence-electron chi connectivity index (χ2n) is 7.93. The predicted octanol–water partition coefficient (Wildman–Crippen LogP) is 5.65. The summed E-state index contributed by atoms with van der Waals surface area (Å²) in [5.41, 5.74) is 6.98. The highest BCUT2D eigenvalue weighted by atomic mass is 16.5. The highest BCUT2D eigenvalue weighted by Crippen LogP contribution is 2.30. The van der Waals surface area contributed by atoms with Crippen molar-refractivity contribution < 1.29 is 14.8 Å². The van der Waals surface area contributed by atoms with Gasteiger partial charge in [0.25, 0.3) is 0 Å². The number of benzene rings is 3. The molecule has 172 valence electrons. The molecule has 0 unspecified atom stereocenters. The number of anilines is 3. The minimum absolute atomic E-state index is 0.113. The Labute approximate surface area is 197 Å². The second kappa shape index (κ2) is 11.1. The first-order valence-corrected chi connectivity index (χ1v) is 11.2. The number of pyridine rings is 1. The molecule has 0 aliphatic rings. The van der Waals surface area contributed by atoms with Crippen LogP contribution in [-0.2, 0) is 9.59 Å². The molecule has 2 amide bonds. The number of amides is 2. The minimum atomic E-state index is -0.443. The van der Waals surface area contributed by atoms with Crippen molar-refractivity contribution in [3.05, 3.63) is 84.9 Å². The molecule has 4 rings (SSSR count). The standard InChI is InChI=1S/C27H26N4O3/c32-26(12-6-7-13-27(33)31-34)29-21-16-14-20(15-17-21)28-25-18-24(19-8-2-1-3-9-19)30-23-11-5-4-10-22(23)25/h1-5,8-11,14-18,34H,6-7,12-13H2,(H,28,30)(H,29,32)(H,31,33). The number of hydroxylamine groups is 1. The fourth-order valence-corrected chi connectivity index (χ4v) is 3.68. The lowest BCUT2D eigenvalue weighted by Crippen LogP contribution is -2.18. The Hall–Kier alpha value is -4.23. The Morgan fingerprint density at radius 1 is 0.765 bits per heavy atom. The zero-order valence-corrected chi connectivity index (χ0v) is 18.6. The maximum Gasteiger partial charge on any atom is 0.243 e. The predicted molar refractivity (Wildman–Crippen MR) is 134 cm³/mol. The summed E-state index contributed by atoms with van der Waals surface area (Å²) < 4.78 is 0. The van der Waals surface area contributed by atoms with Gasteiger partial charge in [-0.2, -0.15) is 0 Å². The molecule has 0 radical (unpaired) electrons. The van der Waals surface area contributed by atoms with Crippen LogP contribution in [0.4, 0.5) is 17.1 Å². The highest BCUT2D eigenvalue weighted by Gasteiger charge is 2.09. The van der Waals surface area contributed by atoms with Crippen molar-refractivity contribution in [2.45, 2.75) is 25.7 Å². The van der Waals surface area contributed by atoms with Gasteiger partial charge < -0.3 is 10.6 Å². The van der Waals surface area contributed by atoms with Gasteiger partial charge in [-0.15, -0.1) is 0 Å². The monoisotopic (exact) mass is 454 g/mol. The molecule has 0 saturated heterocycles. The second-order valence-corrected chi connectivity index (χ2v) is 7.93. The van der Waals surface area contributed by atoms with E-state index in [9.17, 15) is 9.59 Å². The van der Waals surface area contributed by atoms with Gasteiger partial charge in [-0.25, -0.2) is 10.5 Å². The van der Waals surface area contributed by atoms with Crippen LogP contribution in [0.3, 0.4) is 0 Å². The quantitative estimate of drug-likeness (QED) is 0.149. The van der Waals surface area contributed by atoms with Gasteiger partial charge in [0.1, 0.15) is 0 Å². The minimum Gasteiger partial charge on any atom is -0.355 e. The molecular formula is C27H26N4O3. The van der Waals surface area contributed by atoms with Crippen molar-refractivity contribution >= 4 is 39.8 Å². The summed E-state index contributed by atoms with van der Waals surface area (Å²) in [6.45, 7) is 0. The van der Waals surface area contributed by atoms with Crippen molar-refractivity contribution in [1.29, 1.82) is 0 Å². The Kier molecular flexibility index (Phi) is 7.47. The molecule has 0 spiro atoms. The van der Waals surface area contributed by atoms with Crippen molar-refractivity contribution in [3.8, 4) is 11.3 Å². The van der Waals surface area contributed by atoms with E-state index in [-0.39, 0.29) is 12.3 Å². The van der Waals surface area contributed by atoms with E-state index >= 15 is 0 Å². The lowest BCUT2D eigenvalue weighted by molar-refractivity contribution is -0.129. The van der Waals surface area contributed by atoms with Crippen LogP contribution in [0, 0.1) is 0 Å². The third kappa shape index (κ3) is 5.96. The zero-order chi connectivity index (χ0) is 23.8. The first-order chi connectivity index (χ1) is 16.6. The van der Waals surface area contributed by atoms with Gasteiger partial charge in [0.2, 0.25) is 11.8 Å². The summed E-state index contributed by atoms with van der Waals surface area (Å²) in [5, 5.41) is 15.9. The molecule has 0 atom stereocenters. The normalized spacial score (nSPS) is 10.6. The Morgan fingerprint density at radius 3 is 2.15 bits per heavy atom. The number of hydrogen-bond donors (Lipinski definition) is 4. The van der Waals surface area contributed by atoms with Gasteiger partial charge in [0, 0.05) is 35.2 Å². The lowest BCUT2D eigenvalue weighted by atomic mass is 10.1. The molecule has 0 bridgehead atoms. The average Bonchev–Trinajstić information content (AvgIpc) is 2.88. The molecule has 0 aliphatic carbocycles. The molecule has 3 aromatic carbocycles. The Bertz CT molecular complexity index is 1270. The van der Waals surface area contributed by atoms with E-state index in [4.69, 9.17) is 10.2 Å². The highest BCUT2D eigenvalue weighted by molar-refractivity contribution is 5.95. The van der Waals surface area contributed by atoms with Crippen LogP contribution < -0.4 is 16.1 Å². The van der Waals surface area contributed by atoms with E-state index in [1.807, 2.05) is 84.9 Å². The summed E-state index contributed by atoms with van der Waals surface area (Å²) in [6.07, 6.45) is 1.61. The Balaban J connectivity index is 1.44. The maximum atomic E-state index is 12.1. The molecule has 0 saturated carbocycles. The van der Waals surface area contributed by atoms with Crippen molar-refractivity contribution in [2.24, 2.45) is 0 Å². The first kappa shape index (κ1) is 22.9. The fraction of sp³-hybridized carbons (Fsp3) is 0.148. The molecule has 4 N–H and O–H groups in total. The van der Waals surface area contributed by atoms with E-state index in [0.29, 0.717) is 24.9 Å². The van der Waals surface area contributed by atoms with Crippen molar-refractivity contribution in [1.82, 2.24) is 10.5 Å². The van der Waals surface area contributed by atoms with Gasteiger partial charge in [0.05, 0.1) is 16.9 Å². The zero-order valence-electron chi connectivity index (χ0n) is 18.6. The van der Waals surface area contributed by atoms with Gasteiger partial charge in [-0.3, -0.25) is 14.8 Å². The summed E-state index contributed by atoms with van der Waals surface area (Å²) in [6, 6.07) is 27.7. The molecular weight excluding hydrogens is 428 g/mol. The van der Waals surface area contributed by atoms with E-state index in [1.54, 1.807) is 5.48 Å². The van der Waals surface area contributed by atoms with Gasteiger partial charge in [0.15, 0.2) is 0 Å². The number of aromatic nitrogens is 1. The van der Waals surface area contributed by atoms with Crippen LogP contribution in [0.25, 0.3) is 22.2 Å². The number of rotatable bonds is 9. The molecule has 7 heteroatoms. The van der Waals surface area contributed by atoms with E-state index in [1.165, 1.54) is 0 Å². The van der Waals surface area contributed by atoms with E-state index < -0.39 is 5.91 Å². The van der Waals surface area contributed by atoms with E-state index in [0.717, 1.165) is 33.5 Å². The molecule has 34 heavy (non-hydrogen) atoms. The number of para-hydroxylation sites is 1. The van der Waals surface area contributed by atoms with Crippen LogP contribution >= 0.6 is 0 Å². The number of nitrogens with zero attached hydrogens (tertiary/aromatic N) is 1. The van der Waals surface area contributed by atoms with Crippen molar-refractivity contribution in [3.63, 3.8) is 0 Å². The smallest absolute Gasteiger partial charge is 0.243 e. The summed E-state index contributed by atoms with van der Waals surface area (Å²) in [5.74, 6) is -0.556. The van der Waals surface area contributed by atoms with Crippen LogP contribution in [0.2, 0.25) is 0 Å². The molecule has 7 nitrogen and oxygen atoms in total. The van der Waals surface area contributed by atoms with Crippen LogP contribution in [0.15, 0.2) is 84.9 Å². The number of nitrogens with one attached hydrogen (secondary N) is 3. The Morgan fingerprint density at radius 2 is 1.41 bits per heavy atom. The maximum absolute atomic E-state index is 12.1. The number of hydrogen-bond acceptors (Lipinski definition) is 5. The SMILES string of the molecule is O=C(CCCCC(=O)Nc1ccc(Nc2cc(-c3ccccc3)nc3ccccc23)cc1)NO. The lowest BCUT2D eigenvalue weighted by Gasteiger charge is -2.13. The largest absolute Gasteiger partial charge is 0.355 e. The summed E-state index contributed by atoms with van der Waals surface area (Å²) in [7, 11) is 0. The first-order valence-electron chi connectivity index (χ1n) is 11.2. The average molecular weight is 455 g/mol. The molecule has 1 aromatic heterocycles. The van der Waals surface area contributed by atoms with E-state index in [2.05, 4.69) is 10.6 Å². The summed E-state index contributed by atoms with van der Waals surface area (Å²) >= 11 is 0. The van der Waals surface area contributed by atoms with Crippen LogP contribution in [0.5, 0.6) is 0 Å². The van der Waals surface area contributed by atoms with Crippen LogP contribution in [-0.4, -0.2) is 22.0 Å². The number of carbonyl (C=O) groups excluding carboxylic acids is 2. The van der Waals surface area contributed by atoms with Gasteiger partial charge in [-0.1, -0.05) is 48.5 Å². The third-order valence-corrected chi connectivity index (χ3v) is 5.42. The summed E-state index contributed by atoms with van der Waals surface area (Å²) in [4.78, 5) is 28.0. The fourth-order valence-electron chi connectivity index (χ4n) is 3.68. The van der Waals surface area contributed by atoms with Crippen LogP contribution in [0.1, 0.15) is 25.7 Å². The van der Waals surface area contributed by atoms with Gasteiger partial charge >= 0.3 is 0 Å². The topological polar surface area (TPSA) is 103 Å². The number of fused-ring (bicyclic) bond motifs is 1. The molecule has 0 aliphatic heterocycles. The third-order valence-electron chi connectivity index (χ3n) is 5.42. The van der Waals surface area contributed by atoms with Gasteiger partial charge in [-0.05, 0) is 49.2 Å². The number of unbranched alkanes of at least 4 members (excludes halogenated alkanes) is 1. The van der Waals surface area contributed by atoms with Crippen molar-refractivity contribution in [2.75, 3.05) is 10.6 Å². The number of carbonyl (C=O) groups is 2. The molecule has 1 heterocycles. The molecule has 4 aromatic rings. The molecule has 0 fully saturated rings.